The number of hydrogen-bond donors (Lipinski definition) is 1. The maximum absolute atomic E-state index is 11.9. The van der Waals surface area contributed by atoms with Crippen LogP contribution in [0.3, 0.4) is 0 Å². The lowest BCUT2D eigenvalue weighted by Crippen LogP contribution is -2.39. The molecule has 1 aromatic carbocycles. The van der Waals surface area contributed by atoms with Gasteiger partial charge >= 0.3 is 0 Å². The lowest BCUT2D eigenvalue weighted by Gasteiger charge is -2.24. The van der Waals surface area contributed by atoms with Crippen molar-refractivity contribution in [3.8, 4) is 6.07 Å². The zero-order chi connectivity index (χ0) is 14.0. The smallest absolute Gasteiger partial charge is 0.227 e. The van der Waals surface area contributed by atoms with E-state index in [0.717, 1.165) is 23.1 Å². The van der Waals surface area contributed by atoms with Crippen molar-refractivity contribution in [2.75, 3.05) is 25.0 Å². The fourth-order valence-corrected chi connectivity index (χ4v) is 3.12. The van der Waals surface area contributed by atoms with Gasteiger partial charge in [-0.3, -0.25) is 4.79 Å². The van der Waals surface area contributed by atoms with Crippen molar-refractivity contribution in [1.29, 1.82) is 5.26 Å². The van der Waals surface area contributed by atoms with Crippen LogP contribution in [0.15, 0.2) is 22.7 Å². The molecule has 1 N–H and O–H groups in total. The maximum atomic E-state index is 11.9. The van der Waals surface area contributed by atoms with Gasteiger partial charge in [0.2, 0.25) is 5.91 Å². The molecule has 1 aliphatic rings. The van der Waals surface area contributed by atoms with Gasteiger partial charge in [-0.25, -0.2) is 0 Å². The van der Waals surface area contributed by atoms with Crippen LogP contribution in [-0.2, 0) is 4.79 Å². The summed E-state index contributed by atoms with van der Waals surface area (Å²) < 4.78 is 0.896. The molecule has 0 radical (unpaired) electrons. The van der Waals surface area contributed by atoms with Crippen molar-refractivity contribution in [2.24, 2.45) is 5.41 Å². The Morgan fingerprint density at radius 1 is 1.58 bits per heavy atom. The van der Waals surface area contributed by atoms with Crippen LogP contribution in [-0.4, -0.2) is 26.0 Å². The fraction of sp³-hybridized carbons (Fsp3) is 0.429. The minimum absolute atomic E-state index is 0.0831. The zero-order valence-electron chi connectivity index (χ0n) is 11.0. The maximum Gasteiger partial charge on any atom is 0.227 e. The Morgan fingerprint density at radius 3 is 2.89 bits per heavy atom. The fourth-order valence-electron chi connectivity index (χ4n) is 2.49. The van der Waals surface area contributed by atoms with Crippen LogP contribution in [0.1, 0.15) is 18.9 Å². The first-order chi connectivity index (χ1) is 9.00. The molecule has 1 aromatic rings. The van der Waals surface area contributed by atoms with Gasteiger partial charge in [-0.1, -0.05) is 0 Å². The number of carbonyl (C=O) groups excluding carboxylic acids is 1. The van der Waals surface area contributed by atoms with Crippen LogP contribution in [0.5, 0.6) is 0 Å². The summed E-state index contributed by atoms with van der Waals surface area (Å²) in [6.07, 6.45) is 0.832. The molecule has 1 unspecified atom stereocenters. The van der Waals surface area contributed by atoms with Crippen LogP contribution in [0.2, 0.25) is 0 Å². The van der Waals surface area contributed by atoms with E-state index in [1.54, 1.807) is 13.1 Å². The molecule has 1 heterocycles. The third-order valence-corrected chi connectivity index (χ3v) is 4.30. The first-order valence-electron chi connectivity index (χ1n) is 6.17. The second-order valence-electron chi connectivity index (χ2n) is 5.09. The lowest BCUT2D eigenvalue weighted by atomic mass is 9.89. The van der Waals surface area contributed by atoms with Crippen molar-refractivity contribution >= 4 is 27.5 Å². The number of nitrogens with one attached hydrogen (secondary N) is 1. The number of benzene rings is 1. The average molecular weight is 322 g/mol. The Labute approximate surface area is 121 Å². The first-order valence-corrected chi connectivity index (χ1v) is 6.96. The summed E-state index contributed by atoms with van der Waals surface area (Å²) >= 11 is 3.50. The van der Waals surface area contributed by atoms with E-state index in [-0.39, 0.29) is 11.3 Å². The SMILES string of the molecule is CNC(=O)C1(C)CCN(c2ccc(C#N)cc2Br)C1. The minimum Gasteiger partial charge on any atom is -0.370 e. The summed E-state index contributed by atoms with van der Waals surface area (Å²) in [5.74, 6) is 0.0831. The first kappa shape index (κ1) is 13.9. The number of halogens is 1. The summed E-state index contributed by atoms with van der Waals surface area (Å²) in [5, 5.41) is 11.6. The van der Waals surface area contributed by atoms with E-state index in [0.29, 0.717) is 12.1 Å². The Bertz CT molecular complexity index is 552. The van der Waals surface area contributed by atoms with Crippen molar-refractivity contribution in [2.45, 2.75) is 13.3 Å². The molecule has 1 saturated heterocycles. The van der Waals surface area contributed by atoms with Gasteiger partial charge in [0.1, 0.15) is 0 Å². The molecule has 19 heavy (non-hydrogen) atoms. The Morgan fingerprint density at radius 2 is 2.32 bits per heavy atom. The summed E-state index contributed by atoms with van der Waals surface area (Å²) in [6, 6.07) is 7.66. The third kappa shape index (κ3) is 2.59. The second-order valence-corrected chi connectivity index (χ2v) is 5.94. The van der Waals surface area contributed by atoms with Crippen LogP contribution in [0.4, 0.5) is 5.69 Å². The van der Waals surface area contributed by atoms with E-state index in [2.05, 4.69) is 32.2 Å². The second kappa shape index (κ2) is 5.22. The molecule has 0 aromatic heterocycles. The molecule has 1 fully saturated rings. The summed E-state index contributed by atoms with van der Waals surface area (Å²) in [5.41, 5.74) is 1.32. The highest BCUT2D eigenvalue weighted by Gasteiger charge is 2.40. The summed E-state index contributed by atoms with van der Waals surface area (Å²) in [7, 11) is 1.67. The normalized spacial score (nSPS) is 22.1. The van der Waals surface area contributed by atoms with Crippen molar-refractivity contribution < 1.29 is 4.79 Å². The van der Waals surface area contributed by atoms with Crippen molar-refractivity contribution in [3.63, 3.8) is 0 Å². The van der Waals surface area contributed by atoms with Crippen LogP contribution in [0, 0.1) is 16.7 Å². The van der Waals surface area contributed by atoms with E-state index in [4.69, 9.17) is 5.26 Å². The molecule has 1 amide bonds. The molecule has 100 valence electrons. The number of amides is 1. The monoisotopic (exact) mass is 321 g/mol. The van der Waals surface area contributed by atoms with Gasteiger partial charge < -0.3 is 10.2 Å². The number of nitriles is 1. The summed E-state index contributed by atoms with van der Waals surface area (Å²) in [4.78, 5) is 14.1. The number of hydrogen-bond acceptors (Lipinski definition) is 3. The minimum atomic E-state index is -0.345. The highest BCUT2D eigenvalue weighted by molar-refractivity contribution is 9.10. The van der Waals surface area contributed by atoms with Gasteiger partial charge in [0.25, 0.3) is 0 Å². The van der Waals surface area contributed by atoms with Gasteiger partial charge in [-0.2, -0.15) is 5.26 Å². The molecule has 0 spiro atoms. The van der Waals surface area contributed by atoms with Crippen molar-refractivity contribution in [1.82, 2.24) is 5.32 Å². The van der Waals surface area contributed by atoms with Gasteiger partial charge in [0.05, 0.1) is 22.7 Å². The molecule has 0 bridgehead atoms. The summed E-state index contributed by atoms with van der Waals surface area (Å²) in [6.45, 7) is 3.52. The topological polar surface area (TPSA) is 56.1 Å². The molecule has 2 rings (SSSR count). The van der Waals surface area contributed by atoms with Crippen LogP contribution in [0.25, 0.3) is 0 Å². The predicted molar refractivity (Wildman–Crippen MR) is 77.9 cm³/mol. The highest BCUT2D eigenvalue weighted by Crippen LogP contribution is 2.36. The number of rotatable bonds is 2. The molecule has 4 nitrogen and oxygen atoms in total. The lowest BCUT2D eigenvalue weighted by molar-refractivity contribution is -0.128. The third-order valence-electron chi connectivity index (χ3n) is 3.67. The molecule has 0 aliphatic carbocycles. The van der Waals surface area contributed by atoms with E-state index in [9.17, 15) is 4.79 Å². The van der Waals surface area contributed by atoms with Gasteiger partial charge in [0.15, 0.2) is 0 Å². The Hall–Kier alpha value is -1.54. The molecule has 5 heteroatoms. The molecule has 1 aliphatic heterocycles. The van der Waals surface area contributed by atoms with E-state index < -0.39 is 0 Å². The quantitative estimate of drug-likeness (QED) is 0.909. The molecule has 1 atom stereocenters. The molecular weight excluding hydrogens is 306 g/mol. The number of carbonyl (C=O) groups is 1. The predicted octanol–water partition coefficient (Wildman–Crippen LogP) is 2.28. The molecular formula is C14H16BrN3O. The average Bonchev–Trinajstić information content (AvgIpc) is 2.81. The van der Waals surface area contributed by atoms with Gasteiger partial charge in [-0.05, 0) is 47.5 Å². The number of anilines is 1. The Kier molecular flexibility index (Phi) is 3.81. The largest absolute Gasteiger partial charge is 0.370 e. The standard InChI is InChI=1S/C14H16BrN3O/c1-14(13(19)17-2)5-6-18(9-14)12-4-3-10(8-16)7-11(12)15/h3-4,7H,5-6,9H2,1-2H3,(H,17,19). The Balaban J connectivity index is 2.22. The number of nitrogens with zero attached hydrogens (tertiary/aromatic N) is 2. The highest BCUT2D eigenvalue weighted by atomic mass is 79.9. The van der Waals surface area contributed by atoms with Gasteiger partial charge in [-0.15, -0.1) is 0 Å². The molecule has 0 saturated carbocycles. The van der Waals surface area contributed by atoms with Crippen LogP contribution >= 0.6 is 15.9 Å². The van der Waals surface area contributed by atoms with E-state index in [1.165, 1.54) is 0 Å². The van der Waals surface area contributed by atoms with E-state index in [1.807, 2.05) is 19.1 Å². The van der Waals surface area contributed by atoms with Crippen molar-refractivity contribution in [3.05, 3.63) is 28.2 Å². The van der Waals surface area contributed by atoms with Gasteiger partial charge in [0, 0.05) is 24.6 Å². The van der Waals surface area contributed by atoms with Crippen LogP contribution < -0.4 is 10.2 Å². The van der Waals surface area contributed by atoms with E-state index >= 15 is 0 Å². The zero-order valence-corrected chi connectivity index (χ0v) is 12.6.